The van der Waals surface area contributed by atoms with Crippen LogP contribution in [0.5, 0.6) is 0 Å². The molecular formula is C14H21FN2. The maximum absolute atomic E-state index is 12.8. The quantitative estimate of drug-likeness (QED) is 0.818. The summed E-state index contributed by atoms with van der Waals surface area (Å²) in [4.78, 5) is 4.12. The van der Waals surface area contributed by atoms with Gasteiger partial charge >= 0.3 is 0 Å². The third kappa shape index (κ3) is 3.77. The Kier molecular flexibility index (Phi) is 4.11. The number of hydrogen-bond donors (Lipinski definition) is 1. The van der Waals surface area contributed by atoms with Crippen LogP contribution in [0, 0.1) is 11.7 Å². The molecule has 0 saturated heterocycles. The van der Waals surface area contributed by atoms with E-state index in [1.165, 1.54) is 31.5 Å². The Morgan fingerprint density at radius 1 is 1.47 bits per heavy atom. The largest absolute Gasteiger partial charge is 0.306 e. The highest BCUT2D eigenvalue weighted by Gasteiger charge is 2.25. The molecule has 1 saturated carbocycles. The van der Waals surface area contributed by atoms with E-state index in [2.05, 4.69) is 24.1 Å². The van der Waals surface area contributed by atoms with Crippen LogP contribution in [0.1, 0.15) is 51.3 Å². The summed E-state index contributed by atoms with van der Waals surface area (Å²) in [5.41, 5.74) is 0.917. The van der Waals surface area contributed by atoms with E-state index in [-0.39, 0.29) is 11.9 Å². The van der Waals surface area contributed by atoms with Crippen molar-refractivity contribution >= 4 is 0 Å². The van der Waals surface area contributed by atoms with Crippen molar-refractivity contribution in [2.75, 3.05) is 0 Å². The monoisotopic (exact) mass is 236 g/mol. The number of aromatic nitrogens is 1. The van der Waals surface area contributed by atoms with Gasteiger partial charge in [0.15, 0.2) is 0 Å². The third-order valence-corrected chi connectivity index (χ3v) is 3.49. The van der Waals surface area contributed by atoms with Crippen LogP contribution < -0.4 is 5.32 Å². The maximum Gasteiger partial charge on any atom is 0.141 e. The van der Waals surface area contributed by atoms with Crippen LogP contribution in [0.3, 0.4) is 0 Å². The van der Waals surface area contributed by atoms with Gasteiger partial charge in [0.05, 0.1) is 11.9 Å². The van der Waals surface area contributed by atoms with Crippen molar-refractivity contribution in [1.29, 1.82) is 0 Å². The molecule has 1 fully saturated rings. The Labute approximate surface area is 103 Å². The first-order chi connectivity index (χ1) is 8.19. The molecule has 0 bridgehead atoms. The van der Waals surface area contributed by atoms with Gasteiger partial charge in [0.1, 0.15) is 5.82 Å². The second kappa shape index (κ2) is 5.58. The summed E-state index contributed by atoms with van der Waals surface area (Å²) in [6, 6.07) is 3.99. The van der Waals surface area contributed by atoms with Gasteiger partial charge in [0.25, 0.3) is 0 Å². The molecule has 2 rings (SSSR count). The number of hydrogen-bond acceptors (Lipinski definition) is 2. The van der Waals surface area contributed by atoms with E-state index < -0.39 is 0 Å². The number of pyridine rings is 1. The fourth-order valence-corrected chi connectivity index (χ4v) is 2.19. The van der Waals surface area contributed by atoms with Crippen molar-refractivity contribution in [1.82, 2.24) is 10.3 Å². The highest BCUT2D eigenvalue weighted by atomic mass is 19.1. The Bertz CT molecular complexity index is 346. The van der Waals surface area contributed by atoms with E-state index in [9.17, 15) is 4.39 Å². The zero-order valence-electron chi connectivity index (χ0n) is 10.6. The highest BCUT2D eigenvalue weighted by molar-refractivity contribution is 5.09. The SMILES string of the molecule is CCC(CC1CC1)NC(C)c1ccc(F)cn1. The molecule has 0 aliphatic heterocycles. The number of nitrogens with one attached hydrogen (secondary N) is 1. The molecule has 0 amide bonds. The Hall–Kier alpha value is -0.960. The summed E-state index contributed by atoms with van der Waals surface area (Å²) in [7, 11) is 0. The summed E-state index contributed by atoms with van der Waals surface area (Å²) in [5, 5.41) is 3.59. The second-order valence-corrected chi connectivity index (χ2v) is 5.07. The van der Waals surface area contributed by atoms with Crippen LogP contribution >= 0.6 is 0 Å². The Morgan fingerprint density at radius 2 is 2.24 bits per heavy atom. The van der Waals surface area contributed by atoms with Crippen LogP contribution in [-0.2, 0) is 0 Å². The smallest absolute Gasteiger partial charge is 0.141 e. The van der Waals surface area contributed by atoms with Gasteiger partial charge in [-0.2, -0.15) is 0 Å². The van der Waals surface area contributed by atoms with Crippen molar-refractivity contribution in [3.8, 4) is 0 Å². The molecule has 17 heavy (non-hydrogen) atoms. The molecule has 1 aromatic heterocycles. The molecule has 94 valence electrons. The van der Waals surface area contributed by atoms with Gasteiger partial charge in [-0.25, -0.2) is 4.39 Å². The molecule has 1 heterocycles. The minimum atomic E-state index is -0.272. The average molecular weight is 236 g/mol. The molecule has 1 N–H and O–H groups in total. The Morgan fingerprint density at radius 3 is 2.76 bits per heavy atom. The topological polar surface area (TPSA) is 24.9 Å². The lowest BCUT2D eigenvalue weighted by Gasteiger charge is -2.21. The van der Waals surface area contributed by atoms with Crippen LogP contribution in [0.2, 0.25) is 0 Å². The fourth-order valence-electron chi connectivity index (χ4n) is 2.19. The lowest BCUT2D eigenvalue weighted by Crippen LogP contribution is -2.31. The highest BCUT2D eigenvalue weighted by Crippen LogP contribution is 2.34. The van der Waals surface area contributed by atoms with E-state index in [0.29, 0.717) is 6.04 Å². The second-order valence-electron chi connectivity index (χ2n) is 5.07. The van der Waals surface area contributed by atoms with E-state index >= 15 is 0 Å². The lowest BCUT2D eigenvalue weighted by molar-refractivity contribution is 0.399. The molecule has 2 atom stereocenters. The van der Waals surface area contributed by atoms with E-state index in [1.807, 2.05) is 0 Å². The third-order valence-electron chi connectivity index (χ3n) is 3.49. The summed E-state index contributed by atoms with van der Waals surface area (Å²) in [6.07, 6.45) is 6.47. The molecule has 2 nitrogen and oxygen atoms in total. The molecule has 0 radical (unpaired) electrons. The van der Waals surface area contributed by atoms with Gasteiger partial charge in [-0.15, -0.1) is 0 Å². The normalized spacial score (nSPS) is 19.0. The van der Waals surface area contributed by atoms with Gasteiger partial charge in [0, 0.05) is 12.1 Å². The van der Waals surface area contributed by atoms with Crippen LogP contribution in [0.25, 0.3) is 0 Å². The summed E-state index contributed by atoms with van der Waals surface area (Å²) in [5.74, 6) is 0.659. The van der Waals surface area contributed by atoms with Gasteiger partial charge in [0.2, 0.25) is 0 Å². The minimum Gasteiger partial charge on any atom is -0.306 e. The van der Waals surface area contributed by atoms with Crippen LogP contribution in [-0.4, -0.2) is 11.0 Å². The molecule has 1 aliphatic carbocycles. The molecule has 1 aromatic rings. The van der Waals surface area contributed by atoms with Gasteiger partial charge in [-0.05, 0) is 37.8 Å². The molecular weight excluding hydrogens is 215 g/mol. The first-order valence-electron chi connectivity index (χ1n) is 6.56. The Balaban J connectivity index is 1.89. The first-order valence-corrected chi connectivity index (χ1v) is 6.56. The van der Waals surface area contributed by atoms with E-state index in [4.69, 9.17) is 0 Å². The zero-order valence-corrected chi connectivity index (χ0v) is 10.6. The maximum atomic E-state index is 12.8. The van der Waals surface area contributed by atoms with Gasteiger partial charge in [-0.1, -0.05) is 19.8 Å². The number of rotatable bonds is 6. The van der Waals surface area contributed by atoms with E-state index in [0.717, 1.165) is 18.0 Å². The van der Waals surface area contributed by atoms with Crippen molar-refractivity contribution in [2.24, 2.45) is 5.92 Å². The van der Waals surface area contributed by atoms with E-state index in [1.54, 1.807) is 6.07 Å². The predicted octanol–water partition coefficient (Wildman–Crippen LogP) is 3.45. The van der Waals surface area contributed by atoms with Crippen molar-refractivity contribution in [3.05, 3.63) is 29.8 Å². The van der Waals surface area contributed by atoms with Gasteiger partial charge < -0.3 is 5.32 Å². The predicted molar refractivity (Wildman–Crippen MR) is 67.2 cm³/mol. The van der Waals surface area contributed by atoms with Crippen molar-refractivity contribution in [3.63, 3.8) is 0 Å². The molecule has 0 spiro atoms. The van der Waals surface area contributed by atoms with Crippen LogP contribution in [0.4, 0.5) is 4.39 Å². The standard InChI is InChI=1S/C14H21FN2/c1-3-13(8-11-4-5-11)17-10(2)14-7-6-12(15)9-16-14/h6-7,9-11,13,17H,3-5,8H2,1-2H3. The zero-order chi connectivity index (χ0) is 12.3. The first kappa shape index (κ1) is 12.5. The van der Waals surface area contributed by atoms with Crippen molar-refractivity contribution < 1.29 is 4.39 Å². The molecule has 3 heteroatoms. The molecule has 0 aromatic carbocycles. The number of halogens is 1. The molecule has 1 aliphatic rings. The summed E-state index contributed by atoms with van der Waals surface area (Å²) < 4.78 is 12.8. The summed E-state index contributed by atoms with van der Waals surface area (Å²) in [6.45, 7) is 4.31. The lowest BCUT2D eigenvalue weighted by atomic mass is 10.1. The molecule has 2 unspecified atom stereocenters. The number of nitrogens with zero attached hydrogens (tertiary/aromatic N) is 1. The fraction of sp³-hybridized carbons (Fsp3) is 0.643. The summed E-state index contributed by atoms with van der Waals surface area (Å²) >= 11 is 0. The van der Waals surface area contributed by atoms with Crippen molar-refractivity contribution in [2.45, 2.75) is 51.6 Å². The average Bonchev–Trinajstić information content (AvgIpc) is 3.13. The van der Waals surface area contributed by atoms with Gasteiger partial charge in [-0.3, -0.25) is 4.98 Å². The minimum absolute atomic E-state index is 0.194. The van der Waals surface area contributed by atoms with Crippen LogP contribution in [0.15, 0.2) is 18.3 Å².